The summed E-state index contributed by atoms with van der Waals surface area (Å²) in [4.78, 5) is 4.66. The van der Waals surface area contributed by atoms with E-state index in [1.54, 1.807) is 18.5 Å². The first-order chi connectivity index (χ1) is 26.0. The second-order valence-corrected chi connectivity index (χ2v) is 23.0. The lowest BCUT2D eigenvalue weighted by atomic mass is 9.74. The molecule has 0 radical (unpaired) electrons. The number of likely N-dealkylation sites (tertiary alicyclic amines) is 2. The van der Waals surface area contributed by atoms with Crippen LogP contribution < -0.4 is 0 Å². The van der Waals surface area contributed by atoms with Crippen molar-refractivity contribution in [2.75, 3.05) is 49.2 Å². The van der Waals surface area contributed by atoms with Crippen LogP contribution in [0.1, 0.15) is 132 Å². The molecule has 0 bridgehead atoms. The Balaban J connectivity index is 1.05. The predicted molar refractivity (Wildman–Crippen MR) is 198 cm³/mol. The summed E-state index contributed by atoms with van der Waals surface area (Å²) in [7, 11) is -6.05. The number of hydrogen-bond donors (Lipinski definition) is 0. The van der Waals surface area contributed by atoms with Crippen molar-refractivity contribution in [3.63, 3.8) is 0 Å². The van der Waals surface area contributed by atoms with Crippen molar-refractivity contribution in [3.8, 4) is 0 Å². The molecule has 18 heteroatoms. The quantitative estimate of drug-likeness (QED) is 0.265. The molecule has 2 aromatic rings. The lowest BCUT2D eigenvalue weighted by Gasteiger charge is -2.43. The topological polar surface area (TPSA) is 110 Å². The van der Waals surface area contributed by atoms with Crippen LogP contribution in [0.3, 0.4) is 0 Å². The van der Waals surface area contributed by atoms with E-state index in [-0.39, 0.29) is 69.7 Å². The standard InChI is InChI=1S/C38H54F6N6O4S2/c1-24(2)49-32(17-33(45-49)37(39,40)41)28-12-26(13-30(15-28)48-10-8-36(19-48)22-56(53,54)23-36)11-25(3)50-31(16-34(46-50)38(42,43)44)27-5-4-6-29(14-27)47-9-7-35(18-47)20-55(51,52)21-35/h16-17,24-30H,4-15,18-23H2,1-3H3/t25?,26?,27-,28+,29+,30-/m1/s1. The van der Waals surface area contributed by atoms with Gasteiger partial charge in [-0.2, -0.15) is 36.5 Å². The van der Waals surface area contributed by atoms with E-state index in [0.717, 1.165) is 44.7 Å². The summed E-state index contributed by atoms with van der Waals surface area (Å²) >= 11 is 0. The highest BCUT2D eigenvalue weighted by Gasteiger charge is 2.55. The van der Waals surface area contributed by atoms with Gasteiger partial charge in [0, 0.05) is 71.3 Å². The van der Waals surface area contributed by atoms with Gasteiger partial charge in [0.15, 0.2) is 31.1 Å². The van der Waals surface area contributed by atoms with E-state index < -0.39 is 49.5 Å². The minimum atomic E-state index is -4.64. The van der Waals surface area contributed by atoms with Gasteiger partial charge in [-0.1, -0.05) is 6.42 Å². The lowest BCUT2D eigenvalue weighted by molar-refractivity contribution is -0.142. The maximum Gasteiger partial charge on any atom is 0.435 e. The molecule has 6 atom stereocenters. The molecule has 10 nitrogen and oxygen atoms in total. The zero-order valence-electron chi connectivity index (χ0n) is 32.3. The van der Waals surface area contributed by atoms with Gasteiger partial charge in [-0.25, -0.2) is 16.8 Å². The highest BCUT2D eigenvalue weighted by atomic mass is 32.2. The first-order valence-electron chi connectivity index (χ1n) is 20.2. The Morgan fingerprint density at radius 2 is 1.20 bits per heavy atom. The summed E-state index contributed by atoms with van der Waals surface area (Å²) < 4.78 is 136. The number of alkyl halides is 6. The third kappa shape index (κ3) is 7.94. The summed E-state index contributed by atoms with van der Waals surface area (Å²) in [6.07, 6.45) is -2.25. The summed E-state index contributed by atoms with van der Waals surface area (Å²) in [5.41, 5.74) is -1.31. The Morgan fingerprint density at radius 1 is 0.696 bits per heavy atom. The van der Waals surface area contributed by atoms with E-state index in [0.29, 0.717) is 63.1 Å². The highest BCUT2D eigenvalue weighted by Crippen LogP contribution is 2.49. The Bertz CT molecular complexity index is 2000. The molecule has 2 unspecified atom stereocenters. The normalized spacial score (nSPS) is 32.2. The van der Waals surface area contributed by atoms with Crippen molar-refractivity contribution < 1.29 is 43.2 Å². The molecular formula is C38H54F6N6O4S2. The average Bonchev–Trinajstić information content (AvgIpc) is 3.88. The number of sulfone groups is 2. The smallest absolute Gasteiger partial charge is 0.300 e. The van der Waals surface area contributed by atoms with Gasteiger partial charge in [0.2, 0.25) is 0 Å². The molecule has 6 heterocycles. The Hall–Kier alpha value is -2.18. The molecule has 2 aliphatic carbocycles. The van der Waals surface area contributed by atoms with Crippen LogP contribution in [0.5, 0.6) is 0 Å². The molecule has 2 saturated carbocycles. The van der Waals surface area contributed by atoms with E-state index >= 15 is 0 Å². The van der Waals surface area contributed by atoms with Crippen LogP contribution in [0.4, 0.5) is 26.3 Å². The fourth-order valence-electron chi connectivity index (χ4n) is 11.8. The van der Waals surface area contributed by atoms with Crippen molar-refractivity contribution in [1.82, 2.24) is 29.4 Å². The van der Waals surface area contributed by atoms with Gasteiger partial charge in [-0.15, -0.1) is 0 Å². The first kappa shape index (κ1) is 40.6. The van der Waals surface area contributed by atoms with Crippen LogP contribution in [-0.2, 0) is 32.0 Å². The van der Waals surface area contributed by atoms with E-state index in [4.69, 9.17) is 0 Å². The van der Waals surface area contributed by atoms with Crippen molar-refractivity contribution >= 4 is 19.7 Å². The zero-order valence-corrected chi connectivity index (χ0v) is 34.0. The Labute approximate surface area is 325 Å². The van der Waals surface area contributed by atoms with Gasteiger partial charge in [0.05, 0.1) is 23.0 Å². The molecule has 0 N–H and O–H groups in total. The molecule has 2 spiro atoms. The molecule has 6 aliphatic rings. The van der Waals surface area contributed by atoms with Gasteiger partial charge in [0.1, 0.15) is 0 Å². The minimum absolute atomic E-state index is 0.0326. The van der Waals surface area contributed by atoms with Crippen LogP contribution in [0, 0.1) is 16.7 Å². The molecule has 314 valence electrons. The second-order valence-electron chi connectivity index (χ2n) is 18.9. The van der Waals surface area contributed by atoms with E-state index in [2.05, 4.69) is 20.0 Å². The minimum Gasteiger partial charge on any atom is -0.300 e. The van der Waals surface area contributed by atoms with Crippen LogP contribution in [-0.4, -0.2) is 107 Å². The molecule has 8 rings (SSSR count). The maximum atomic E-state index is 14.3. The summed E-state index contributed by atoms with van der Waals surface area (Å²) in [5, 5.41) is 8.18. The van der Waals surface area contributed by atoms with E-state index in [9.17, 15) is 43.2 Å². The monoisotopic (exact) mass is 836 g/mol. The fourth-order valence-corrected chi connectivity index (χ4v) is 16.3. The molecule has 6 fully saturated rings. The fraction of sp³-hybridized carbons (Fsp3) is 0.842. The molecule has 2 aromatic heterocycles. The Kier molecular flexibility index (Phi) is 10.1. The van der Waals surface area contributed by atoms with Crippen molar-refractivity contribution in [1.29, 1.82) is 0 Å². The van der Waals surface area contributed by atoms with Gasteiger partial charge in [0.25, 0.3) is 0 Å². The summed E-state index contributed by atoms with van der Waals surface area (Å²) in [5.74, 6) is 0.217. The first-order valence-corrected chi connectivity index (χ1v) is 23.9. The average molecular weight is 837 g/mol. The maximum absolute atomic E-state index is 14.3. The van der Waals surface area contributed by atoms with E-state index in [1.165, 1.54) is 10.7 Å². The largest absolute Gasteiger partial charge is 0.435 e. The number of hydrogen-bond acceptors (Lipinski definition) is 8. The van der Waals surface area contributed by atoms with Crippen molar-refractivity contribution in [2.45, 2.75) is 133 Å². The SMILES string of the molecule is CC(C)n1nc(C(F)(F)F)cc1[C@H]1CC(CC(C)n2nc(C(F)(F)F)cc2[C@@H]2CCC[C@H](N3CCC4(C3)CS(=O)(=O)C4)C2)C[C@@H](N2CCC3(C2)CS(=O)(=O)C3)C1. The van der Waals surface area contributed by atoms with Crippen LogP contribution in [0.25, 0.3) is 0 Å². The van der Waals surface area contributed by atoms with Gasteiger partial charge in [-0.3, -0.25) is 19.2 Å². The Morgan fingerprint density at radius 3 is 1.71 bits per heavy atom. The zero-order chi connectivity index (χ0) is 40.2. The third-order valence-electron chi connectivity index (χ3n) is 14.0. The highest BCUT2D eigenvalue weighted by molar-refractivity contribution is 7.93. The molecular weight excluding hydrogens is 783 g/mol. The molecule has 56 heavy (non-hydrogen) atoms. The molecule has 4 saturated heterocycles. The molecule has 0 aromatic carbocycles. The second kappa shape index (κ2) is 14.0. The number of rotatable bonds is 8. The van der Waals surface area contributed by atoms with Crippen LogP contribution >= 0.6 is 0 Å². The van der Waals surface area contributed by atoms with Gasteiger partial charge >= 0.3 is 12.4 Å². The van der Waals surface area contributed by atoms with Gasteiger partial charge in [-0.05, 0) is 110 Å². The third-order valence-corrected chi connectivity index (χ3v) is 18.2. The number of nitrogens with zero attached hydrogens (tertiary/aromatic N) is 6. The molecule has 0 amide bonds. The predicted octanol–water partition coefficient (Wildman–Crippen LogP) is 6.87. The number of halogens is 6. The summed E-state index contributed by atoms with van der Waals surface area (Å²) in [6, 6.07) is 1.72. The van der Waals surface area contributed by atoms with Crippen LogP contribution in [0.2, 0.25) is 0 Å². The van der Waals surface area contributed by atoms with Crippen molar-refractivity contribution in [2.24, 2.45) is 16.7 Å². The van der Waals surface area contributed by atoms with Gasteiger partial charge < -0.3 is 0 Å². The number of aromatic nitrogens is 4. The summed E-state index contributed by atoms with van der Waals surface area (Å²) in [6.45, 7) is 8.27. The van der Waals surface area contributed by atoms with Crippen molar-refractivity contribution in [3.05, 3.63) is 34.9 Å². The lowest BCUT2D eigenvalue weighted by Crippen LogP contribution is -2.51. The van der Waals surface area contributed by atoms with E-state index in [1.807, 2.05) is 6.92 Å². The molecule has 4 aliphatic heterocycles. The van der Waals surface area contributed by atoms with Crippen LogP contribution in [0.15, 0.2) is 12.1 Å².